The number of nitrogens with zero attached hydrogens (tertiary/aromatic N) is 3. The molecule has 1 saturated heterocycles. The number of piperazine rings is 1. The molecule has 2 N–H and O–H groups in total. The van der Waals surface area contributed by atoms with Gasteiger partial charge in [0.2, 0.25) is 0 Å². The predicted molar refractivity (Wildman–Crippen MR) is 84.3 cm³/mol. The van der Waals surface area contributed by atoms with E-state index >= 15 is 0 Å². The Kier molecular flexibility index (Phi) is 3.16. The van der Waals surface area contributed by atoms with Gasteiger partial charge in [-0.25, -0.2) is 0 Å². The van der Waals surface area contributed by atoms with Crippen molar-refractivity contribution < 1.29 is 0 Å². The van der Waals surface area contributed by atoms with Crippen molar-refractivity contribution in [2.24, 2.45) is 0 Å². The number of rotatable bonds is 2. The van der Waals surface area contributed by atoms with Gasteiger partial charge in [-0.2, -0.15) is 5.10 Å². The van der Waals surface area contributed by atoms with E-state index in [1.165, 1.54) is 22.5 Å². The summed E-state index contributed by atoms with van der Waals surface area (Å²) in [7, 11) is 2.19. The van der Waals surface area contributed by atoms with Gasteiger partial charge in [-0.1, -0.05) is 12.1 Å². The van der Waals surface area contributed by atoms with Gasteiger partial charge in [-0.05, 0) is 19.2 Å². The minimum atomic E-state index is 0.903. The Labute approximate surface area is 124 Å². The monoisotopic (exact) mass is 283 g/mol. The molecule has 3 heterocycles. The SMILES string of the molecule is CN1CCN(c2cccc(-c3n[nH]c4c3CNC4)c2)CC1. The first-order valence-corrected chi connectivity index (χ1v) is 7.62. The highest BCUT2D eigenvalue weighted by Crippen LogP contribution is 2.29. The Balaban J connectivity index is 1.63. The normalized spacial score (nSPS) is 19.0. The predicted octanol–water partition coefficient (Wildman–Crippen LogP) is 1.43. The molecule has 2 aromatic rings. The second-order valence-corrected chi connectivity index (χ2v) is 5.97. The highest BCUT2D eigenvalue weighted by atomic mass is 15.2. The number of benzene rings is 1. The molecule has 0 amide bonds. The first-order chi connectivity index (χ1) is 10.3. The van der Waals surface area contributed by atoms with Gasteiger partial charge in [0.25, 0.3) is 0 Å². The van der Waals surface area contributed by atoms with Gasteiger partial charge in [0, 0.05) is 56.1 Å². The third kappa shape index (κ3) is 2.32. The van der Waals surface area contributed by atoms with Gasteiger partial charge < -0.3 is 15.1 Å². The second kappa shape index (κ2) is 5.16. The average Bonchev–Trinajstić information content (AvgIpc) is 3.11. The fourth-order valence-electron chi connectivity index (χ4n) is 3.20. The van der Waals surface area contributed by atoms with Crippen LogP contribution in [0.2, 0.25) is 0 Å². The van der Waals surface area contributed by atoms with E-state index in [0.29, 0.717) is 0 Å². The molecule has 1 aromatic carbocycles. The molecule has 5 nitrogen and oxygen atoms in total. The second-order valence-electron chi connectivity index (χ2n) is 5.97. The van der Waals surface area contributed by atoms with Crippen molar-refractivity contribution in [1.29, 1.82) is 0 Å². The lowest BCUT2D eigenvalue weighted by atomic mass is 10.1. The summed E-state index contributed by atoms with van der Waals surface area (Å²) in [6.07, 6.45) is 0. The number of anilines is 1. The van der Waals surface area contributed by atoms with E-state index < -0.39 is 0 Å². The van der Waals surface area contributed by atoms with E-state index in [4.69, 9.17) is 0 Å². The molecule has 1 fully saturated rings. The van der Waals surface area contributed by atoms with Crippen molar-refractivity contribution in [2.75, 3.05) is 38.1 Å². The van der Waals surface area contributed by atoms with Crippen molar-refractivity contribution in [3.63, 3.8) is 0 Å². The molecule has 0 atom stereocenters. The van der Waals surface area contributed by atoms with Crippen LogP contribution in [0.25, 0.3) is 11.3 Å². The van der Waals surface area contributed by atoms with Crippen molar-refractivity contribution in [3.05, 3.63) is 35.5 Å². The van der Waals surface area contributed by atoms with Crippen molar-refractivity contribution in [3.8, 4) is 11.3 Å². The van der Waals surface area contributed by atoms with E-state index in [-0.39, 0.29) is 0 Å². The summed E-state index contributed by atoms with van der Waals surface area (Å²) >= 11 is 0. The zero-order valence-corrected chi connectivity index (χ0v) is 12.4. The minimum absolute atomic E-state index is 0.903. The molecule has 2 aliphatic rings. The number of likely N-dealkylation sites (N-methyl/N-ethyl adjacent to an activating group) is 1. The third-order valence-electron chi connectivity index (χ3n) is 4.54. The van der Waals surface area contributed by atoms with E-state index in [9.17, 15) is 0 Å². The van der Waals surface area contributed by atoms with Crippen LogP contribution in [0, 0.1) is 0 Å². The summed E-state index contributed by atoms with van der Waals surface area (Å²) in [4.78, 5) is 4.85. The molecule has 0 bridgehead atoms. The van der Waals surface area contributed by atoms with Crippen LogP contribution in [-0.2, 0) is 13.1 Å². The summed E-state index contributed by atoms with van der Waals surface area (Å²) in [5.74, 6) is 0. The minimum Gasteiger partial charge on any atom is -0.369 e. The Morgan fingerprint density at radius 1 is 1.10 bits per heavy atom. The number of hydrogen-bond acceptors (Lipinski definition) is 4. The number of nitrogens with one attached hydrogen (secondary N) is 2. The molecule has 21 heavy (non-hydrogen) atoms. The lowest BCUT2D eigenvalue weighted by molar-refractivity contribution is 0.313. The third-order valence-corrected chi connectivity index (χ3v) is 4.54. The highest BCUT2D eigenvalue weighted by Gasteiger charge is 2.20. The largest absolute Gasteiger partial charge is 0.369 e. The molecule has 0 aliphatic carbocycles. The number of fused-ring (bicyclic) bond motifs is 1. The summed E-state index contributed by atoms with van der Waals surface area (Å²) in [5.41, 5.74) is 6.18. The fraction of sp³-hybridized carbons (Fsp3) is 0.438. The van der Waals surface area contributed by atoms with Crippen molar-refractivity contribution in [2.45, 2.75) is 13.1 Å². The van der Waals surface area contributed by atoms with E-state index in [1.54, 1.807) is 0 Å². The standard InChI is InChI=1S/C16H21N5/c1-20-5-7-21(8-6-20)13-4-2-3-12(9-13)16-14-10-17-11-15(14)18-19-16/h2-4,9,17H,5-8,10-11H2,1H3,(H,18,19). The van der Waals surface area contributed by atoms with Gasteiger partial charge >= 0.3 is 0 Å². The van der Waals surface area contributed by atoms with Crippen LogP contribution in [0.4, 0.5) is 5.69 Å². The summed E-state index contributed by atoms with van der Waals surface area (Å²) in [6, 6.07) is 8.79. The van der Waals surface area contributed by atoms with Crippen LogP contribution in [0.15, 0.2) is 24.3 Å². The summed E-state index contributed by atoms with van der Waals surface area (Å²) in [5, 5.41) is 11.0. The van der Waals surface area contributed by atoms with Crippen LogP contribution < -0.4 is 10.2 Å². The van der Waals surface area contributed by atoms with Crippen molar-refractivity contribution in [1.82, 2.24) is 20.4 Å². The topological polar surface area (TPSA) is 47.2 Å². The molecule has 110 valence electrons. The number of aromatic amines is 1. The fourth-order valence-corrected chi connectivity index (χ4v) is 3.20. The van der Waals surface area contributed by atoms with E-state index in [0.717, 1.165) is 45.0 Å². The molecule has 0 saturated carbocycles. The zero-order valence-electron chi connectivity index (χ0n) is 12.4. The Hall–Kier alpha value is -1.85. The summed E-state index contributed by atoms with van der Waals surface area (Å²) < 4.78 is 0. The smallest absolute Gasteiger partial charge is 0.0969 e. The van der Waals surface area contributed by atoms with Gasteiger partial charge in [0.1, 0.15) is 0 Å². The molecule has 0 radical (unpaired) electrons. The summed E-state index contributed by atoms with van der Waals surface area (Å²) in [6.45, 7) is 6.28. The van der Waals surface area contributed by atoms with Crippen LogP contribution in [0.3, 0.4) is 0 Å². The molecular formula is C16H21N5. The molecule has 0 spiro atoms. The highest BCUT2D eigenvalue weighted by molar-refractivity contribution is 5.69. The lowest BCUT2D eigenvalue weighted by Crippen LogP contribution is -2.44. The van der Waals surface area contributed by atoms with E-state index in [2.05, 4.69) is 56.6 Å². The average molecular weight is 283 g/mol. The van der Waals surface area contributed by atoms with Gasteiger partial charge in [-0.3, -0.25) is 5.10 Å². The molecule has 0 unspecified atom stereocenters. The van der Waals surface area contributed by atoms with Gasteiger partial charge in [0.15, 0.2) is 0 Å². The molecular weight excluding hydrogens is 262 g/mol. The first-order valence-electron chi connectivity index (χ1n) is 7.62. The van der Waals surface area contributed by atoms with Crippen molar-refractivity contribution >= 4 is 5.69 Å². The Bertz CT molecular complexity index is 640. The number of H-pyrrole nitrogens is 1. The molecule has 1 aromatic heterocycles. The molecule has 4 rings (SSSR count). The molecule has 2 aliphatic heterocycles. The lowest BCUT2D eigenvalue weighted by Gasteiger charge is -2.34. The number of hydrogen-bond donors (Lipinski definition) is 2. The van der Waals surface area contributed by atoms with Crippen LogP contribution in [0.1, 0.15) is 11.3 Å². The van der Waals surface area contributed by atoms with Crippen LogP contribution in [-0.4, -0.2) is 48.3 Å². The van der Waals surface area contributed by atoms with Gasteiger partial charge in [-0.15, -0.1) is 0 Å². The quantitative estimate of drug-likeness (QED) is 0.875. The number of aromatic nitrogens is 2. The first kappa shape index (κ1) is 12.9. The molecule has 5 heteroatoms. The maximum absolute atomic E-state index is 4.51. The Morgan fingerprint density at radius 2 is 1.95 bits per heavy atom. The van der Waals surface area contributed by atoms with E-state index in [1.807, 2.05) is 0 Å². The van der Waals surface area contributed by atoms with Crippen LogP contribution >= 0.6 is 0 Å². The van der Waals surface area contributed by atoms with Gasteiger partial charge in [0.05, 0.1) is 11.4 Å². The maximum Gasteiger partial charge on any atom is 0.0969 e. The van der Waals surface area contributed by atoms with Crippen LogP contribution in [0.5, 0.6) is 0 Å². The maximum atomic E-state index is 4.51. The Morgan fingerprint density at radius 3 is 2.81 bits per heavy atom. The zero-order chi connectivity index (χ0) is 14.2.